The van der Waals surface area contributed by atoms with Gasteiger partial charge in [-0.3, -0.25) is 9.59 Å². The van der Waals surface area contributed by atoms with Crippen molar-refractivity contribution in [3.8, 4) is 0 Å². The van der Waals surface area contributed by atoms with Crippen LogP contribution in [0.1, 0.15) is 6.42 Å². The fraction of sp³-hybridized carbons (Fsp3) is 0.750. The number of aliphatic carboxylic acids is 1. The third-order valence-corrected chi connectivity index (χ3v) is 2.42. The standard InChI is InChI=1S/C8H13NO4S/c10-7(5-6(14)8(11)12)9-1-3-13-4-2-9/h6,14H,1-5H2,(H,11,12). The van der Waals surface area contributed by atoms with E-state index in [1.807, 2.05) is 0 Å². The summed E-state index contributed by atoms with van der Waals surface area (Å²) in [5, 5.41) is 7.65. The van der Waals surface area contributed by atoms with E-state index in [0.29, 0.717) is 26.3 Å². The number of rotatable bonds is 3. The van der Waals surface area contributed by atoms with Crippen LogP contribution in [0.5, 0.6) is 0 Å². The van der Waals surface area contributed by atoms with Crippen LogP contribution in [0.15, 0.2) is 0 Å². The van der Waals surface area contributed by atoms with Crippen molar-refractivity contribution in [3.63, 3.8) is 0 Å². The van der Waals surface area contributed by atoms with Gasteiger partial charge in [0.05, 0.1) is 13.2 Å². The lowest BCUT2D eigenvalue weighted by Crippen LogP contribution is -2.42. The van der Waals surface area contributed by atoms with Gasteiger partial charge in [-0.05, 0) is 0 Å². The molecule has 6 heteroatoms. The summed E-state index contributed by atoms with van der Waals surface area (Å²) >= 11 is 3.81. The fourth-order valence-electron chi connectivity index (χ4n) is 1.19. The SMILES string of the molecule is O=C(O)C(S)CC(=O)N1CCOCC1. The summed E-state index contributed by atoms with van der Waals surface area (Å²) in [7, 11) is 0. The number of thiol groups is 1. The molecule has 5 nitrogen and oxygen atoms in total. The molecular weight excluding hydrogens is 206 g/mol. The molecule has 1 atom stereocenters. The number of carbonyl (C=O) groups is 2. The summed E-state index contributed by atoms with van der Waals surface area (Å²) in [6, 6.07) is 0. The van der Waals surface area contributed by atoms with Crippen molar-refractivity contribution in [3.05, 3.63) is 0 Å². The number of carboxylic acid groups (broad SMARTS) is 1. The number of morpholine rings is 1. The maximum Gasteiger partial charge on any atom is 0.316 e. The molecule has 0 saturated carbocycles. The molecule has 1 aliphatic rings. The van der Waals surface area contributed by atoms with Crippen molar-refractivity contribution >= 4 is 24.5 Å². The fourth-order valence-corrected chi connectivity index (χ4v) is 1.35. The first kappa shape index (κ1) is 11.3. The minimum Gasteiger partial charge on any atom is -0.480 e. The Hall–Kier alpha value is -0.750. The highest BCUT2D eigenvalue weighted by Gasteiger charge is 2.22. The maximum absolute atomic E-state index is 11.5. The van der Waals surface area contributed by atoms with Gasteiger partial charge in [0.25, 0.3) is 0 Å². The van der Waals surface area contributed by atoms with Gasteiger partial charge in [-0.2, -0.15) is 12.6 Å². The van der Waals surface area contributed by atoms with E-state index in [1.165, 1.54) is 0 Å². The van der Waals surface area contributed by atoms with Crippen LogP contribution in [0.2, 0.25) is 0 Å². The minimum absolute atomic E-state index is 0.0571. The Bertz CT molecular complexity index is 227. The van der Waals surface area contributed by atoms with E-state index in [4.69, 9.17) is 9.84 Å². The number of nitrogens with zero attached hydrogens (tertiary/aromatic N) is 1. The number of hydrogen-bond donors (Lipinski definition) is 2. The predicted octanol–water partition coefficient (Wildman–Crippen LogP) is -0.382. The molecule has 0 bridgehead atoms. The number of amides is 1. The number of ether oxygens (including phenoxy) is 1. The highest BCUT2D eigenvalue weighted by molar-refractivity contribution is 7.81. The van der Waals surface area contributed by atoms with Crippen molar-refractivity contribution in [2.75, 3.05) is 26.3 Å². The molecule has 80 valence electrons. The van der Waals surface area contributed by atoms with E-state index in [9.17, 15) is 9.59 Å². The molecule has 1 unspecified atom stereocenters. The lowest BCUT2D eigenvalue weighted by Gasteiger charge is -2.27. The van der Waals surface area contributed by atoms with E-state index in [1.54, 1.807) is 4.90 Å². The van der Waals surface area contributed by atoms with Gasteiger partial charge in [0.2, 0.25) is 5.91 Å². The molecule has 1 aliphatic heterocycles. The van der Waals surface area contributed by atoms with Crippen molar-refractivity contribution in [2.24, 2.45) is 0 Å². The molecule has 0 aromatic carbocycles. The third-order valence-electron chi connectivity index (χ3n) is 2.02. The van der Waals surface area contributed by atoms with Crippen LogP contribution < -0.4 is 0 Å². The molecule has 0 spiro atoms. The molecule has 14 heavy (non-hydrogen) atoms. The first-order valence-electron chi connectivity index (χ1n) is 4.37. The number of carbonyl (C=O) groups excluding carboxylic acids is 1. The molecule has 1 amide bonds. The second kappa shape index (κ2) is 5.21. The predicted molar refractivity (Wildman–Crippen MR) is 52.4 cm³/mol. The second-order valence-corrected chi connectivity index (χ2v) is 3.67. The Labute approximate surface area is 87.4 Å². The zero-order valence-corrected chi connectivity index (χ0v) is 8.57. The topological polar surface area (TPSA) is 66.8 Å². The van der Waals surface area contributed by atoms with Crippen molar-refractivity contribution in [2.45, 2.75) is 11.7 Å². The van der Waals surface area contributed by atoms with Crippen molar-refractivity contribution < 1.29 is 19.4 Å². The maximum atomic E-state index is 11.5. The van der Waals surface area contributed by atoms with Crippen LogP contribution >= 0.6 is 12.6 Å². The van der Waals surface area contributed by atoms with Gasteiger partial charge in [0.15, 0.2) is 0 Å². The van der Waals surface area contributed by atoms with Crippen LogP contribution in [0, 0.1) is 0 Å². The molecule has 1 rings (SSSR count). The first-order chi connectivity index (χ1) is 6.61. The number of carboxylic acids is 1. The highest BCUT2D eigenvalue weighted by atomic mass is 32.1. The van der Waals surface area contributed by atoms with E-state index < -0.39 is 11.2 Å². The van der Waals surface area contributed by atoms with Gasteiger partial charge in [-0.15, -0.1) is 0 Å². The number of hydrogen-bond acceptors (Lipinski definition) is 4. The summed E-state index contributed by atoms with van der Waals surface area (Å²) < 4.78 is 5.07. The largest absolute Gasteiger partial charge is 0.480 e. The summed E-state index contributed by atoms with van der Waals surface area (Å²) in [4.78, 5) is 23.5. The minimum atomic E-state index is -1.06. The third kappa shape index (κ3) is 3.19. The molecule has 0 aliphatic carbocycles. The van der Waals surface area contributed by atoms with E-state index in [2.05, 4.69) is 12.6 Å². The molecule has 1 saturated heterocycles. The Morgan fingerprint density at radius 1 is 1.43 bits per heavy atom. The van der Waals surface area contributed by atoms with Gasteiger partial charge in [-0.1, -0.05) is 0 Å². The first-order valence-corrected chi connectivity index (χ1v) is 4.89. The smallest absolute Gasteiger partial charge is 0.316 e. The lowest BCUT2D eigenvalue weighted by atomic mass is 10.2. The molecule has 0 aromatic rings. The molecule has 0 radical (unpaired) electrons. The van der Waals surface area contributed by atoms with Gasteiger partial charge >= 0.3 is 5.97 Å². The van der Waals surface area contributed by atoms with Gasteiger partial charge < -0.3 is 14.7 Å². The Morgan fingerprint density at radius 3 is 2.50 bits per heavy atom. The second-order valence-electron chi connectivity index (χ2n) is 3.05. The van der Waals surface area contributed by atoms with Crippen molar-refractivity contribution in [1.82, 2.24) is 4.90 Å². The van der Waals surface area contributed by atoms with Crippen LogP contribution in [-0.4, -0.2) is 53.4 Å². The van der Waals surface area contributed by atoms with Gasteiger partial charge in [-0.25, -0.2) is 0 Å². The summed E-state index contributed by atoms with van der Waals surface area (Å²) in [5.41, 5.74) is 0. The zero-order valence-electron chi connectivity index (χ0n) is 7.68. The van der Waals surface area contributed by atoms with E-state index in [0.717, 1.165) is 0 Å². The van der Waals surface area contributed by atoms with Crippen LogP contribution in [-0.2, 0) is 14.3 Å². The van der Waals surface area contributed by atoms with Gasteiger partial charge in [0.1, 0.15) is 5.25 Å². The summed E-state index contributed by atoms with van der Waals surface area (Å²) in [6.45, 7) is 2.13. The summed E-state index contributed by atoms with van der Waals surface area (Å²) in [5.74, 6) is -1.23. The molecule has 1 N–H and O–H groups in total. The average molecular weight is 219 g/mol. The molecule has 1 heterocycles. The normalized spacial score (nSPS) is 19.1. The summed E-state index contributed by atoms with van der Waals surface area (Å²) in [6.07, 6.45) is -0.0571. The Balaban J connectivity index is 2.36. The molecule has 0 aromatic heterocycles. The zero-order chi connectivity index (χ0) is 10.6. The van der Waals surface area contributed by atoms with E-state index >= 15 is 0 Å². The highest BCUT2D eigenvalue weighted by Crippen LogP contribution is 2.07. The van der Waals surface area contributed by atoms with E-state index in [-0.39, 0.29) is 12.3 Å². The lowest BCUT2D eigenvalue weighted by molar-refractivity contribution is -0.141. The van der Waals surface area contributed by atoms with Crippen LogP contribution in [0.4, 0.5) is 0 Å². The van der Waals surface area contributed by atoms with Crippen molar-refractivity contribution in [1.29, 1.82) is 0 Å². The average Bonchev–Trinajstić information content (AvgIpc) is 2.19. The van der Waals surface area contributed by atoms with Gasteiger partial charge in [0, 0.05) is 19.5 Å². The monoisotopic (exact) mass is 219 g/mol. The Morgan fingerprint density at radius 2 is 2.00 bits per heavy atom. The Kier molecular flexibility index (Phi) is 4.21. The quantitative estimate of drug-likeness (QED) is 0.635. The molecular formula is C8H13NO4S. The molecule has 1 fully saturated rings. The van der Waals surface area contributed by atoms with Crippen LogP contribution in [0.25, 0.3) is 0 Å². The van der Waals surface area contributed by atoms with Crippen LogP contribution in [0.3, 0.4) is 0 Å².